The molecule has 0 saturated heterocycles. The Hall–Kier alpha value is -2.93. The zero-order valence-electron chi connectivity index (χ0n) is 17.8. The van der Waals surface area contributed by atoms with Crippen LogP contribution in [0.25, 0.3) is 0 Å². The first kappa shape index (κ1) is 23.2. The van der Waals surface area contributed by atoms with E-state index >= 15 is 0 Å². The first-order valence-electron chi connectivity index (χ1n) is 10.3. The minimum Gasteiger partial charge on any atom is -0.430 e. The highest BCUT2D eigenvalue weighted by Gasteiger charge is 2.13. The number of nitrogens with one attached hydrogen (secondary N) is 1. The molecule has 3 aromatic carbocycles. The Morgan fingerprint density at radius 1 is 1.06 bits per heavy atom. The van der Waals surface area contributed by atoms with Gasteiger partial charge >= 0.3 is 0 Å². The molecule has 1 heterocycles. The number of aryl methyl sites for hydroxylation is 1. The van der Waals surface area contributed by atoms with Gasteiger partial charge in [0.2, 0.25) is 0 Å². The third-order valence-electron chi connectivity index (χ3n) is 5.00. The van der Waals surface area contributed by atoms with Crippen LogP contribution in [-0.2, 0) is 12.8 Å². The first-order valence-corrected chi connectivity index (χ1v) is 11.9. The van der Waals surface area contributed by atoms with Crippen LogP contribution in [0.5, 0.6) is 10.9 Å². The quantitative estimate of drug-likeness (QED) is 0.301. The van der Waals surface area contributed by atoms with E-state index in [2.05, 4.69) is 14.7 Å². The highest BCUT2D eigenvalue weighted by molar-refractivity contribution is 7.07. The van der Waals surface area contributed by atoms with Gasteiger partial charge in [0.1, 0.15) is 5.75 Å². The molecule has 0 bridgehead atoms. The standard InChI is InChI=1S/C25H21Cl2N3O2S/c1-16-7-8-19(24(31)28-12-11-18-9-10-20(26)15-21(18)27)14-22(16)32-25-29-23(30-33-25)13-17-5-3-2-4-6-17/h2-10,14-15H,11-13H2,1H3,(H,28,31). The van der Waals surface area contributed by atoms with Gasteiger partial charge in [-0.25, -0.2) is 0 Å². The molecule has 8 heteroatoms. The van der Waals surface area contributed by atoms with Gasteiger partial charge < -0.3 is 10.1 Å². The summed E-state index contributed by atoms with van der Waals surface area (Å²) in [5.74, 6) is 1.09. The molecule has 4 aromatic rings. The zero-order chi connectivity index (χ0) is 23.2. The molecule has 0 spiro atoms. The summed E-state index contributed by atoms with van der Waals surface area (Å²) in [6.07, 6.45) is 1.24. The molecular formula is C25H21Cl2N3O2S. The van der Waals surface area contributed by atoms with Crippen LogP contribution in [-0.4, -0.2) is 21.8 Å². The average Bonchev–Trinajstić information content (AvgIpc) is 3.24. The van der Waals surface area contributed by atoms with Gasteiger partial charge in [-0.2, -0.15) is 9.36 Å². The van der Waals surface area contributed by atoms with Crippen LogP contribution in [0.2, 0.25) is 10.0 Å². The Bertz CT molecular complexity index is 1260. The molecule has 4 rings (SSSR count). The SMILES string of the molecule is Cc1ccc(C(=O)NCCc2ccc(Cl)cc2Cl)cc1Oc1nc(Cc2ccccc2)ns1. The fourth-order valence-corrected chi connectivity index (χ4v) is 4.28. The van der Waals surface area contributed by atoms with Crippen LogP contribution in [0.15, 0.2) is 66.7 Å². The number of aromatic nitrogens is 2. The van der Waals surface area contributed by atoms with Crippen LogP contribution < -0.4 is 10.1 Å². The number of carbonyl (C=O) groups excluding carboxylic acids is 1. The van der Waals surface area contributed by atoms with Crippen molar-refractivity contribution in [2.45, 2.75) is 19.8 Å². The largest absolute Gasteiger partial charge is 0.430 e. The predicted molar refractivity (Wildman–Crippen MR) is 133 cm³/mol. The summed E-state index contributed by atoms with van der Waals surface area (Å²) >= 11 is 13.3. The summed E-state index contributed by atoms with van der Waals surface area (Å²) in [4.78, 5) is 17.1. The molecule has 0 aliphatic rings. The smallest absolute Gasteiger partial charge is 0.298 e. The number of ether oxygens (including phenoxy) is 1. The monoisotopic (exact) mass is 497 g/mol. The molecule has 5 nitrogen and oxygen atoms in total. The molecular weight excluding hydrogens is 477 g/mol. The van der Waals surface area contributed by atoms with Gasteiger partial charge in [0.05, 0.1) is 0 Å². The summed E-state index contributed by atoms with van der Waals surface area (Å²) in [6, 6.07) is 20.7. The van der Waals surface area contributed by atoms with Crippen molar-refractivity contribution in [1.82, 2.24) is 14.7 Å². The second-order valence-electron chi connectivity index (χ2n) is 7.46. The molecule has 0 aliphatic carbocycles. The first-order chi connectivity index (χ1) is 16.0. The second kappa shape index (κ2) is 10.8. The Balaban J connectivity index is 1.37. The number of halogens is 2. The van der Waals surface area contributed by atoms with E-state index in [9.17, 15) is 4.79 Å². The van der Waals surface area contributed by atoms with Crippen molar-refractivity contribution in [3.63, 3.8) is 0 Å². The topological polar surface area (TPSA) is 64.1 Å². The van der Waals surface area contributed by atoms with E-state index in [1.807, 2.05) is 49.4 Å². The normalized spacial score (nSPS) is 10.8. The van der Waals surface area contributed by atoms with E-state index in [-0.39, 0.29) is 5.91 Å². The molecule has 1 N–H and O–H groups in total. The molecule has 0 aliphatic heterocycles. The van der Waals surface area contributed by atoms with Gasteiger partial charge in [0, 0.05) is 40.1 Å². The van der Waals surface area contributed by atoms with E-state index in [0.717, 1.165) is 16.7 Å². The summed E-state index contributed by atoms with van der Waals surface area (Å²) in [6.45, 7) is 2.37. The lowest BCUT2D eigenvalue weighted by Gasteiger charge is -2.10. The Morgan fingerprint density at radius 2 is 1.88 bits per heavy atom. The molecule has 0 fully saturated rings. The second-order valence-corrected chi connectivity index (χ2v) is 9.02. The van der Waals surface area contributed by atoms with Crippen molar-refractivity contribution >= 4 is 40.6 Å². The third kappa shape index (κ3) is 6.32. The fraction of sp³-hybridized carbons (Fsp3) is 0.160. The van der Waals surface area contributed by atoms with Crippen molar-refractivity contribution < 1.29 is 9.53 Å². The number of amides is 1. The van der Waals surface area contributed by atoms with E-state index in [4.69, 9.17) is 27.9 Å². The van der Waals surface area contributed by atoms with Crippen LogP contribution in [0, 0.1) is 6.92 Å². The molecule has 1 aromatic heterocycles. The van der Waals surface area contributed by atoms with Crippen molar-refractivity contribution in [2.75, 3.05) is 6.54 Å². The number of benzene rings is 3. The van der Waals surface area contributed by atoms with Crippen LogP contribution in [0.3, 0.4) is 0 Å². The third-order valence-corrected chi connectivity index (χ3v) is 6.22. The highest BCUT2D eigenvalue weighted by atomic mass is 35.5. The van der Waals surface area contributed by atoms with E-state index < -0.39 is 0 Å². The van der Waals surface area contributed by atoms with E-state index in [1.165, 1.54) is 11.5 Å². The molecule has 1 amide bonds. The minimum absolute atomic E-state index is 0.188. The number of nitrogens with zero attached hydrogens (tertiary/aromatic N) is 2. The van der Waals surface area contributed by atoms with Crippen molar-refractivity contribution in [3.05, 3.63) is 105 Å². The Labute approximate surface area is 206 Å². The molecule has 0 radical (unpaired) electrons. The predicted octanol–water partition coefficient (Wildman–Crippen LogP) is 6.51. The number of hydrogen-bond donors (Lipinski definition) is 1. The lowest BCUT2D eigenvalue weighted by Crippen LogP contribution is -2.25. The zero-order valence-corrected chi connectivity index (χ0v) is 20.2. The summed E-state index contributed by atoms with van der Waals surface area (Å²) in [5.41, 5.74) is 3.47. The fourth-order valence-electron chi connectivity index (χ4n) is 3.21. The minimum atomic E-state index is -0.188. The van der Waals surface area contributed by atoms with Crippen LogP contribution in [0.4, 0.5) is 0 Å². The molecule has 0 atom stereocenters. The molecule has 0 saturated carbocycles. The highest BCUT2D eigenvalue weighted by Crippen LogP contribution is 2.28. The molecule has 0 unspecified atom stereocenters. The summed E-state index contributed by atoms with van der Waals surface area (Å²) in [5, 5.41) is 4.54. The van der Waals surface area contributed by atoms with Crippen LogP contribution in [0.1, 0.15) is 32.9 Å². The average molecular weight is 498 g/mol. The van der Waals surface area contributed by atoms with E-state index in [1.54, 1.807) is 24.3 Å². The van der Waals surface area contributed by atoms with Crippen LogP contribution >= 0.6 is 34.7 Å². The van der Waals surface area contributed by atoms with Gasteiger partial charge in [-0.1, -0.05) is 65.7 Å². The lowest BCUT2D eigenvalue weighted by molar-refractivity contribution is 0.0954. The molecule has 168 valence electrons. The number of carbonyl (C=O) groups is 1. The number of hydrogen-bond acceptors (Lipinski definition) is 5. The Morgan fingerprint density at radius 3 is 2.67 bits per heavy atom. The van der Waals surface area contributed by atoms with E-state index in [0.29, 0.717) is 51.8 Å². The molecule has 33 heavy (non-hydrogen) atoms. The maximum atomic E-state index is 12.7. The van der Waals surface area contributed by atoms with Crippen molar-refractivity contribution in [2.24, 2.45) is 0 Å². The van der Waals surface area contributed by atoms with Gasteiger partial charge in [0.15, 0.2) is 5.82 Å². The maximum Gasteiger partial charge on any atom is 0.298 e. The summed E-state index contributed by atoms with van der Waals surface area (Å²) < 4.78 is 10.3. The maximum absolute atomic E-state index is 12.7. The lowest BCUT2D eigenvalue weighted by atomic mass is 10.1. The van der Waals surface area contributed by atoms with Gasteiger partial charge in [0.25, 0.3) is 11.1 Å². The van der Waals surface area contributed by atoms with Gasteiger partial charge in [-0.3, -0.25) is 4.79 Å². The summed E-state index contributed by atoms with van der Waals surface area (Å²) in [7, 11) is 0. The number of rotatable bonds is 8. The van der Waals surface area contributed by atoms with Crippen molar-refractivity contribution in [1.29, 1.82) is 0 Å². The van der Waals surface area contributed by atoms with Gasteiger partial charge in [-0.05, 0) is 54.3 Å². The Kier molecular flexibility index (Phi) is 7.60. The van der Waals surface area contributed by atoms with Gasteiger partial charge in [-0.15, -0.1) is 0 Å². The van der Waals surface area contributed by atoms with Crippen molar-refractivity contribution in [3.8, 4) is 10.9 Å².